The zero-order chi connectivity index (χ0) is 16.2. The van der Waals surface area contributed by atoms with E-state index in [1.54, 1.807) is 6.20 Å². The summed E-state index contributed by atoms with van der Waals surface area (Å²) in [6.45, 7) is 8.15. The molecule has 0 radical (unpaired) electrons. The molecule has 1 aromatic carbocycles. The highest BCUT2D eigenvalue weighted by Gasteiger charge is 2.21. The van der Waals surface area contributed by atoms with Crippen LogP contribution in [0.5, 0.6) is 0 Å². The second kappa shape index (κ2) is 6.48. The van der Waals surface area contributed by atoms with Crippen LogP contribution in [0.1, 0.15) is 31.1 Å². The summed E-state index contributed by atoms with van der Waals surface area (Å²) < 4.78 is 0. The second-order valence-corrected chi connectivity index (χ2v) is 5.73. The topological polar surface area (TPSA) is 49.3 Å². The molecule has 1 aliphatic heterocycles. The second-order valence-electron chi connectivity index (χ2n) is 5.73. The molecule has 3 rings (SSSR count). The Morgan fingerprint density at radius 2 is 2.04 bits per heavy atom. The van der Waals surface area contributed by atoms with Gasteiger partial charge in [-0.1, -0.05) is 30.4 Å². The van der Waals surface area contributed by atoms with E-state index >= 15 is 0 Å². The number of aliphatic imine (C=N–C) groups is 1. The van der Waals surface area contributed by atoms with Gasteiger partial charge in [0.15, 0.2) is 0 Å². The van der Waals surface area contributed by atoms with Gasteiger partial charge < -0.3 is 10.6 Å². The van der Waals surface area contributed by atoms with Crippen LogP contribution >= 0.6 is 0 Å². The van der Waals surface area contributed by atoms with E-state index in [1.807, 2.05) is 56.5 Å². The predicted octanol–water partition coefficient (Wildman–Crippen LogP) is 4.02. The molecule has 0 saturated carbocycles. The minimum atomic E-state index is -0.166. The van der Waals surface area contributed by atoms with E-state index in [9.17, 15) is 0 Å². The Labute approximate surface area is 136 Å². The molecule has 1 atom stereocenters. The predicted molar refractivity (Wildman–Crippen MR) is 95.3 cm³/mol. The van der Waals surface area contributed by atoms with Gasteiger partial charge in [0.2, 0.25) is 0 Å². The lowest BCUT2D eigenvalue weighted by atomic mass is 10.1. The van der Waals surface area contributed by atoms with Crippen molar-refractivity contribution in [2.75, 3.05) is 5.32 Å². The summed E-state index contributed by atoms with van der Waals surface area (Å²) in [6, 6.07) is 12.1. The van der Waals surface area contributed by atoms with Gasteiger partial charge >= 0.3 is 0 Å². The number of amidine groups is 1. The summed E-state index contributed by atoms with van der Waals surface area (Å²) in [4.78, 5) is 8.99. The van der Waals surface area contributed by atoms with Crippen molar-refractivity contribution in [3.05, 3.63) is 83.8 Å². The van der Waals surface area contributed by atoms with Gasteiger partial charge in [0.1, 0.15) is 12.0 Å². The fourth-order valence-electron chi connectivity index (χ4n) is 2.53. The van der Waals surface area contributed by atoms with Crippen molar-refractivity contribution >= 4 is 11.5 Å². The minimum Gasteiger partial charge on any atom is -0.359 e. The Morgan fingerprint density at radius 1 is 1.22 bits per heavy atom. The zero-order valence-electron chi connectivity index (χ0n) is 13.4. The Bertz CT molecular complexity index is 771. The van der Waals surface area contributed by atoms with Gasteiger partial charge in [-0.2, -0.15) is 0 Å². The molecule has 0 saturated heterocycles. The van der Waals surface area contributed by atoms with Crippen LogP contribution in [0.15, 0.2) is 77.7 Å². The van der Waals surface area contributed by atoms with E-state index in [1.165, 1.54) is 5.57 Å². The van der Waals surface area contributed by atoms with E-state index in [0.717, 1.165) is 28.3 Å². The van der Waals surface area contributed by atoms with Gasteiger partial charge in [-0.15, -0.1) is 0 Å². The molecule has 2 heterocycles. The van der Waals surface area contributed by atoms with Crippen molar-refractivity contribution in [2.24, 2.45) is 4.99 Å². The number of nitrogens with zero attached hydrogens (tertiary/aromatic N) is 2. The number of para-hydroxylation sites is 1. The standard InChI is InChI=1S/C19H20N4/c1-13(2)11-14(3)21-19-16-8-4-5-9-17(16)22-18(23-19)15-7-6-10-20-12-15/h4-12,18,22H,3H2,1-2H3,(H,21,23). The molecule has 0 aliphatic carbocycles. The maximum absolute atomic E-state index is 4.80. The average Bonchev–Trinajstić information content (AvgIpc) is 2.55. The average molecular weight is 304 g/mol. The first-order valence-corrected chi connectivity index (χ1v) is 7.58. The molecule has 0 spiro atoms. The van der Waals surface area contributed by atoms with Crippen molar-refractivity contribution in [1.29, 1.82) is 0 Å². The van der Waals surface area contributed by atoms with Crippen LogP contribution < -0.4 is 10.6 Å². The maximum atomic E-state index is 4.80. The van der Waals surface area contributed by atoms with Crippen LogP contribution in [0.25, 0.3) is 0 Å². The van der Waals surface area contributed by atoms with Crippen molar-refractivity contribution < 1.29 is 0 Å². The quantitative estimate of drug-likeness (QED) is 0.842. The van der Waals surface area contributed by atoms with Gasteiger partial charge in [0, 0.05) is 34.9 Å². The van der Waals surface area contributed by atoms with Crippen LogP contribution in [-0.4, -0.2) is 10.8 Å². The Hall–Kier alpha value is -2.88. The number of benzene rings is 1. The van der Waals surface area contributed by atoms with Gasteiger partial charge in [0.25, 0.3) is 0 Å². The molecule has 1 unspecified atom stereocenters. The SMILES string of the molecule is C=C(C=C(C)C)NC1=NC(c2cccnc2)Nc2ccccc21. The summed E-state index contributed by atoms with van der Waals surface area (Å²) in [5, 5.41) is 6.77. The molecule has 2 aromatic rings. The molecular weight excluding hydrogens is 284 g/mol. The first-order valence-electron chi connectivity index (χ1n) is 7.58. The molecule has 4 heteroatoms. The molecule has 0 amide bonds. The smallest absolute Gasteiger partial charge is 0.148 e. The van der Waals surface area contributed by atoms with Crippen LogP contribution in [0, 0.1) is 0 Å². The molecule has 0 bridgehead atoms. The summed E-state index contributed by atoms with van der Waals surface area (Å²) in [7, 11) is 0. The van der Waals surface area contributed by atoms with Crippen molar-refractivity contribution in [1.82, 2.24) is 10.3 Å². The fraction of sp³-hybridized carbons (Fsp3) is 0.158. The number of allylic oxidation sites excluding steroid dienone is 2. The molecular formula is C19H20N4. The van der Waals surface area contributed by atoms with E-state index in [4.69, 9.17) is 4.99 Å². The van der Waals surface area contributed by atoms with Crippen molar-refractivity contribution in [3.63, 3.8) is 0 Å². The number of hydrogen-bond donors (Lipinski definition) is 2. The Morgan fingerprint density at radius 3 is 2.78 bits per heavy atom. The minimum absolute atomic E-state index is 0.166. The number of anilines is 1. The lowest BCUT2D eigenvalue weighted by molar-refractivity contribution is 0.811. The molecule has 23 heavy (non-hydrogen) atoms. The van der Waals surface area contributed by atoms with Crippen LogP contribution in [0.3, 0.4) is 0 Å². The first-order chi connectivity index (χ1) is 11.1. The largest absolute Gasteiger partial charge is 0.359 e. The van der Waals surface area contributed by atoms with E-state index in [2.05, 4.69) is 28.3 Å². The Balaban J connectivity index is 1.96. The molecule has 1 aliphatic rings. The molecule has 0 fully saturated rings. The maximum Gasteiger partial charge on any atom is 0.148 e. The lowest BCUT2D eigenvalue weighted by Gasteiger charge is -2.26. The number of rotatable bonds is 3. The van der Waals surface area contributed by atoms with Crippen LogP contribution in [0.2, 0.25) is 0 Å². The number of nitrogens with one attached hydrogen (secondary N) is 2. The third-order valence-corrected chi connectivity index (χ3v) is 3.47. The molecule has 2 N–H and O–H groups in total. The normalized spacial score (nSPS) is 15.7. The van der Waals surface area contributed by atoms with Crippen LogP contribution in [-0.2, 0) is 0 Å². The summed E-state index contributed by atoms with van der Waals surface area (Å²) in [6.07, 6.45) is 5.43. The molecule has 116 valence electrons. The zero-order valence-corrected chi connectivity index (χ0v) is 13.4. The summed E-state index contributed by atoms with van der Waals surface area (Å²) >= 11 is 0. The van der Waals surface area contributed by atoms with E-state index in [-0.39, 0.29) is 6.17 Å². The molecule has 1 aromatic heterocycles. The van der Waals surface area contributed by atoms with Crippen LogP contribution in [0.4, 0.5) is 5.69 Å². The van der Waals surface area contributed by atoms with E-state index in [0.29, 0.717) is 0 Å². The highest BCUT2D eigenvalue weighted by atomic mass is 15.2. The third-order valence-electron chi connectivity index (χ3n) is 3.47. The number of aromatic nitrogens is 1. The van der Waals surface area contributed by atoms with E-state index < -0.39 is 0 Å². The van der Waals surface area contributed by atoms with Gasteiger partial charge in [-0.3, -0.25) is 4.98 Å². The summed E-state index contributed by atoms with van der Waals surface area (Å²) in [5.74, 6) is 0.815. The number of fused-ring (bicyclic) bond motifs is 1. The van der Waals surface area contributed by atoms with Gasteiger partial charge in [0.05, 0.1) is 0 Å². The molecule has 4 nitrogen and oxygen atoms in total. The third kappa shape index (κ3) is 3.48. The summed E-state index contributed by atoms with van der Waals surface area (Å²) in [5.41, 5.74) is 5.12. The fourth-order valence-corrected chi connectivity index (χ4v) is 2.53. The first kappa shape index (κ1) is 15.0. The van der Waals surface area contributed by atoms with Gasteiger partial charge in [-0.05, 0) is 38.1 Å². The van der Waals surface area contributed by atoms with Crippen molar-refractivity contribution in [2.45, 2.75) is 20.0 Å². The number of hydrogen-bond acceptors (Lipinski definition) is 4. The van der Waals surface area contributed by atoms with Crippen molar-refractivity contribution in [3.8, 4) is 0 Å². The Kier molecular flexibility index (Phi) is 4.24. The lowest BCUT2D eigenvalue weighted by Crippen LogP contribution is -2.29. The monoisotopic (exact) mass is 304 g/mol. The highest BCUT2D eigenvalue weighted by molar-refractivity contribution is 6.05. The number of pyridine rings is 1. The van der Waals surface area contributed by atoms with Gasteiger partial charge in [-0.25, -0.2) is 4.99 Å². The highest BCUT2D eigenvalue weighted by Crippen LogP contribution is 2.28.